The molecule has 1 heterocycles. The third-order valence-electron chi connectivity index (χ3n) is 4.34. The molecular formula is C23H23Cl3N2O4S. The first kappa shape index (κ1) is 25.6. The van der Waals surface area contributed by atoms with Crippen LogP contribution in [0.3, 0.4) is 0 Å². The lowest BCUT2D eigenvalue weighted by Gasteiger charge is -2.17. The maximum atomic E-state index is 11.1. The van der Waals surface area contributed by atoms with Gasteiger partial charge in [0.1, 0.15) is 18.5 Å². The molecule has 0 fully saturated rings. The zero-order valence-corrected chi connectivity index (χ0v) is 21.0. The molecule has 0 spiro atoms. The fraction of sp³-hybridized carbons (Fsp3) is 0.304. The summed E-state index contributed by atoms with van der Waals surface area (Å²) in [5.74, 6) is 0.808. The molecule has 0 radical (unpaired) electrons. The summed E-state index contributed by atoms with van der Waals surface area (Å²) in [5.41, 5.74) is 0. The number of carbonyl (C=O) groups excluding carboxylic acids is 1. The van der Waals surface area contributed by atoms with Crippen LogP contribution in [-0.4, -0.2) is 40.7 Å². The van der Waals surface area contributed by atoms with Crippen molar-refractivity contribution in [3.63, 3.8) is 0 Å². The summed E-state index contributed by atoms with van der Waals surface area (Å²) in [7, 11) is 0. The Bertz CT molecular complexity index is 1010. The summed E-state index contributed by atoms with van der Waals surface area (Å²) in [5, 5.41) is 0.720. The molecule has 0 saturated carbocycles. The maximum absolute atomic E-state index is 11.1. The molecule has 1 unspecified atom stereocenters. The number of nitrogens with zero attached hydrogens (tertiary/aromatic N) is 2. The first-order chi connectivity index (χ1) is 15.9. The Morgan fingerprint density at radius 2 is 1.85 bits per heavy atom. The van der Waals surface area contributed by atoms with Gasteiger partial charge < -0.3 is 18.8 Å². The van der Waals surface area contributed by atoms with E-state index in [2.05, 4.69) is 4.98 Å². The number of imidazole rings is 1. The molecule has 0 aliphatic rings. The second kappa shape index (κ2) is 13.0. The highest BCUT2D eigenvalue weighted by Crippen LogP contribution is 2.39. The Morgan fingerprint density at radius 1 is 1.12 bits per heavy atom. The van der Waals surface area contributed by atoms with Crippen molar-refractivity contribution in [2.24, 2.45) is 0 Å². The van der Waals surface area contributed by atoms with Crippen LogP contribution in [0.1, 0.15) is 13.3 Å². The Balaban J connectivity index is 1.52. The minimum absolute atomic E-state index is 0.0544. The summed E-state index contributed by atoms with van der Waals surface area (Å²) in [4.78, 5) is 17.0. The zero-order valence-electron chi connectivity index (χ0n) is 17.9. The number of rotatable bonds is 12. The highest BCUT2D eigenvalue weighted by atomic mass is 35.5. The smallest absolute Gasteiger partial charge is 0.303 e. The van der Waals surface area contributed by atoms with Crippen LogP contribution in [0, 0.1) is 0 Å². The van der Waals surface area contributed by atoms with Gasteiger partial charge in [0.05, 0.1) is 28.9 Å². The average molecular weight is 530 g/mol. The highest BCUT2D eigenvalue weighted by molar-refractivity contribution is 7.99. The zero-order chi connectivity index (χ0) is 23.6. The van der Waals surface area contributed by atoms with Crippen LogP contribution < -0.4 is 9.47 Å². The van der Waals surface area contributed by atoms with Crippen LogP contribution >= 0.6 is 46.6 Å². The quantitative estimate of drug-likeness (QED) is 0.155. The molecule has 1 aromatic heterocycles. The van der Waals surface area contributed by atoms with E-state index >= 15 is 0 Å². The van der Waals surface area contributed by atoms with Gasteiger partial charge in [-0.2, -0.15) is 0 Å². The lowest BCUT2D eigenvalue weighted by molar-refractivity contribution is -0.146. The van der Waals surface area contributed by atoms with Crippen molar-refractivity contribution in [1.29, 1.82) is 0 Å². The maximum Gasteiger partial charge on any atom is 0.303 e. The standard InChI is InChI=1S/C23H23Cl3N2O4S/c1-16(29)32-18(13-24)14-31-23-21(25)11-20(12-22(23)26)33-19-5-3-17(4-6-19)30-10-2-8-28-9-7-27-15-28/h3-7,9,11-12,15,18H,2,8,10,13-14H2,1H3. The predicted octanol–water partition coefficient (Wildman–Crippen LogP) is 6.36. The van der Waals surface area contributed by atoms with E-state index in [1.807, 2.05) is 35.0 Å². The molecule has 0 amide bonds. The molecule has 3 aromatic rings. The van der Waals surface area contributed by atoms with Gasteiger partial charge in [-0.1, -0.05) is 35.0 Å². The first-order valence-electron chi connectivity index (χ1n) is 10.2. The molecule has 10 heteroatoms. The minimum atomic E-state index is -0.586. The fourth-order valence-corrected chi connectivity index (χ4v) is 4.63. The van der Waals surface area contributed by atoms with Gasteiger partial charge in [-0.25, -0.2) is 4.98 Å². The molecule has 33 heavy (non-hydrogen) atoms. The van der Waals surface area contributed by atoms with Gasteiger partial charge in [0.25, 0.3) is 0 Å². The van der Waals surface area contributed by atoms with Gasteiger partial charge in [-0.3, -0.25) is 4.79 Å². The van der Waals surface area contributed by atoms with Gasteiger partial charge in [0.15, 0.2) is 5.75 Å². The Labute approximate surface area is 212 Å². The van der Waals surface area contributed by atoms with E-state index in [0.717, 1.165) is 28.5 Å². The third kappa shape index (κ3) is 8.34. The van der Waals surface area contributed by atoms with Crippen LogP contribution in [0.4, 0.5) is 0 Å². The second-order valence-electron chi connectivity index (χ2n) is 6.99. The normalized spacial score (nSPS) is 11.8. The van der Waals surface area contributed by atoms with E-state index in [4.69, 9.17) is 49.0 Å². The molecule has 0 aliphatic heterocycles. The molecule has 2 aromatic carbocycles. The van der Waals surface area contributed by atoms with Crippen molar-refractivity contribution in [3.8, 4) is 11.5 Å². The summed E-state index contributed by atoms with van der Waals surface area (Å²) < 4.78 is 18.5. The predicted molar refractivity (Wildman–Crippen MR) is 131 cm³/mol. The summed E-state index contributed by atoms with van der Waals surface area (Å²) in [6.45, 7) is 2.86. The average Bonchev–Trinajstić information content (AvgIpc) is 3.30. The van der Waals surface area contributed by atoms with Crippen molar-refractivity contribution in [3.05, 3.63) is 65.2 Å². The monoisotopic (exact) mass is 528 g/mol. The van der Waals surface area contributed by atoms with Gasteiger partial charge in [0.2, 0.25) is 0 Å². The number of halogens is 3. The fourth-order valence-electron chi connectivity index (χ4n) is 2.85. The molecule has 0 bridgehead atoms. The number of hydrogen-bond donors (Lipinski definition) is 0. The van der Waals surface area contributed by atoms with Gasteiger partial charge >= 0.3 is 5.97 Å². The molecular weight excluding hydrogens is 507 g/mol. The molecule has 0 saturated heterocycles. The van der Waals surface area contributed by atoms with Crippen LogP contribution in [0.2, 0.25) is 10.0 Å². The van der Waals surface area contributed by atoms with Crippen LogP contribution in [0.25, 0.3) is 0 Å². The molecule has 6 nitrogen and oxygen atoms in total. The van der Waals surface area contributed by atoms with E-state index in [1.54, 1.807) is 24.7 Å². The van der Waals surface area contributed by atoms with E-state index < -0.39 is 12.1 Å². The Morgan fingerprint density at radius 3 is 2.45 bits per heavy atom. The number of aromatic nitrogens is 2. The molecule has 0 N–H and O–H groups in total. The Hall–Kier alpha value is -2.06. The van der Waals surface area contributed by atoms with Crippen LogP contribution in [0.5, 0.6) is 11.5 Å². The molecule has 0 aliphatic carbocycles. The van der Waals surface area contributed by atoms with Gasteiger partial charge in [-0.15, -0.1) is 11.6 Å². The molecule has 3 rings (SSSR count). The molecule has 176 valence electrons. The number of ether oxygens (including phenoxy) is 3. The van der Waals surface area contributed by atoms with Crippen LogP contribution in [-0.2, 0) is 16.1 Å². The van der Waals surface area contributed by atoms with Crippen molar-refractivity contribution in [2.45, 2.75) is 35.8 Å². The van der Waals surface area contributed by atoms with Crippen molar-refractivity contribution in [1.82, 2.24) is 9.55 Å². The number of hydrogen-bond acceptors (Lipinski definition) is 6. The minimum Gasteiger partial charge on any atom is -0.494 e. The van der Waals surface area contributed by atoms with Crippen molar-refractivity contribution in [2.75, 3.05) is 19.1 Å². The number of benzene rings is 2. The Kier molecular flexibility index (Phi) is 10.1. The largest absolute Gasteiger partial charge is 0.494 e. The summed E-state index contributed by atoms with van der Waals surface area (Å²) >= 11 is 20.1. The lowest BCUT2D eigenvalue weighted by atomic mass is 10.3. The summed E-state index contributed by atoms with van der Waals surface area (Å²) in [6.07, 6.45) is 5.80. The first-order valence-corrected chi connectivity index (χ1v) is 12.3. The lowest BCUT2D eigenvalue weighted by Crippen LogP contribution is -2.25. The highest BCUT2D eigenvalue weighted by Gasteiger charge is 2.16. The number of carbonyl (C=O) groups is 1. The van der Waals surface area contributed by atoms with E-state index in [9.17, 15) is 4.79 Å². The number of esters is 1. The summed E-state index contributed by atoms with van der Waals surface area (Å²) in [6, 6.07) is 11.4. The number of aryl methyl sites for hydroxylation is 1. The van der Waals surface area contributed by atoms with E-state index in [0.29, 0.717) is 22.4 Å². The second-order valence-corrected chi connectivity index (χ2v) is 9.26. The topological polar surface area (TPSA) is 62.6 Å². The van der Waals surface area contributed by atoms with Gasteiger partial charge in [0, 0.05) is 35.7 Å². The van der Waals surface area contributed by atoms with Crippen LogP contribution in [0.15, 0.2) is 64.9 Å². The molecule has 1 atom stereocenters. The third-order valence-corrected chi connectivity index (χ3v) is 6.22. The van der Waals surface area contributed by atoms with E-state index in [-0.39, 0.29) is 12.5 Å². The van der Waals surface area contributed by atoms with Crippen molar-refractivity contribution < 1.29 is 19.0 Å². The SMILES string of the molecule is CC(=O)OC(CCl)COc1c(Cl)cc(Sc2ccc(OCCCn3ccnc3)cc2)cc1Cl. The van der Waals surface area contributed by atoms with Crippen molar-refractivity contribution >= 4 is 52.5 Å². The number of alkyl halides is 1. The van der Waals surface area contributed by atoms with E-state index in [1.165, 1.54) is 18.7 Å². The van der Waals surface area contributed by atoms with Gasteiger partial charge in [-0.05, 0) is 42.8 Å².